The molecule has 436 valence electrons. The Morgan fingerprint density at radius 3 is 1.04 bits per heavy atom. The highest BCUT2D eigenvalue weighted by Gasteiger charge is 2.25. The first-order valence-corrected chi connectivity index (χ1v) is 30.3. The number of allylic oxidation sites excluding steroid dienone is 22. The van der Waals surface area contributed by atoms with Crippen molar-refractivity contribution in [3.8, 4) is 0 Å². The average Bonchev–Trinajstić information content (AvgIpc) is 3.40. The molecular formula is C68H112NO8+. The number of likely N-dealkylation sites (N-methyl/N-ethyl adjacent to an activating group) is 1. The summed E-state index contributed by atoms with van der Waals surface area (Å²) >= 11 is 0. The van der Waals surface area contributed by atoms with Gasteiger partial charge in [-0.25, -0.2) is 4.79 Å². The van der Waals surface area contributed by atoms with Gasteiger partial charge in [0.15, 0.2) is 6.10 Å². The molecule has 0 aliphatic carbocycles. The largest absolute Gasteiger partial charge is 0.477 e. The Morgan fingerprint density at radius 1 is 0.390 bits per heavy atom. The molecule has 0 heterocycles. The topological polar surface area (TPSA) is 108 Å². The number of carbonyl (C=O) groups excluding carboxylic acids is 2. The molecule has 2 unspecified atom stereocenters. The van der Waals surface area contributed by atoms with E-state index in [-0.39, 0.29) is 38.6 Å². The molecule has 0 spiro atoms. The summed E-state index contributed by atoms with van der Waals surface area (Å²) in [7, 11) is 5.96. The lowest BCUT2D eigenvalue weighted by atomic mass is 10.1. The van der Waals surface area contributed by atoms with E-state index in [1.165, 1.54) is 57.8 Å². The quantitative estimate of drug-likeness (QED) is 0.0211. The van der Waals surface area contributed by atoms with Crippen molar-refractivity contribution in [1.82, 2.24) is 0 Å². The van der Waals surface area contributed by atoms with Crippen molar-refractivity contribution in [2.75, 3.05) is 47.5 Å². The molecule has 77 heavy (non-hydrogen) atoms. The van der Waals surface area contributed by atoms with Crippen molar-refractivity contribution in [2.45, 2.75) is 232 Å². The van der Waals surface area contributed by atoms with Crippen LogP contribution >= 0.6 is 0 Å². The maximum absolute atomic E-state index is 12.9. The minimum Gasteiger partial charge on any atom is -0.477 e. The number of unbranched alkanes of at least 4 members (excludes halogenated alkanes) is 17. The molecule has 0 aromatic rings. The second kappa shape index (κ2) is 57.6. The van der Waals surface area contributed by atoms with Gasteiger partial charge in [0.05, 0.1) is 34.4 Å². The second-order valence-electron chi connectivity index (χ2n) is 20.9. The van der Waals surface area contributed by atoms with Crippen molar-refractivity contribution >= 4 is 17.9 Å². The number of hydrogen-bond donors (Lipinski definition) is 1. The van der Waals surface area contributed by atoms with Gasteiger partial charge in [0.2, 0.25) is 0 Å². The third-order valence-corrected chi connectivity index (χ3v) is 12.4. The van der Waals surface area contributed by atoms with E-state index in [0.29, 0.717) is 17.4 Å². The predicted molar refractivity (Wildman–Crippen MR) is 327 cm³/mol. The number of nitrogens with zero attached hydrogens (tertiary/aromatic N) is 1. The van der Waals surface area contributed by atoms with Crippen molar-refractivity contribution in [1.29, 1.82) is 0 Å². The first-order valence-electron chi connectivity index (χ1n) is 30.3. The van der Waals surface area contributed by atoms with Crippen LogP contribution in [0.3, 0.4) is 0 Å². The molecule has 0 saturated heterocycles. The maximum Gasteiger partial charge on any atom is 0.361 e. The Labute approximate surface area is 471 Å². The van der Waals surface area contributed by atoms with E-state index in [2.05, 4.69) is 148 Å². The molecule has 2 atom stereocenters. The molecule has 0 bridgehead atoms. The van der Waals surface area contributed by atoms with Crippen molar-refractivity contribution < 1.29 is 42.9 Å². The third-order valence-electron chi connectivity index (χ3n) is 12.4. The number of carbonyl (C=O) groups is 3. The van der Waals surface area contributed by atoms with Crippen molar-refractivity contribution in [3.63, 3.8) is 0 Å². The minimum absolute atomic E-state index is 0.178. The van der Waals surface area contributed by atoms with Crippen LogP contribution in [0.1, 0.15) is 219 Å². The van der Waals surface area contributed by atoms with E-state index in [0.717, 1.165) is 128 Å². The molecule has 0 saturated carbocycles. The molecule has 0 aliphatic rings. The predicted octanol–water partition coefficient (Wildman–Crippen LogP) is 18.2. The fourth-order valence-electron chi connectivity index (χ4n) is 7.81. The second-order valence-corrected chi connectivity index (χ2v) is 20.9. The number of esters is 2. The summed E-state index contributed by atoms with van der Waals surface area (Å²) in [5, 5.41) is 9.72. The molecule has 0 rings (SSSR count). The molecule has 0 amide bonds. The molecule has 9 nitrogen and oxygen atoms in total. The number of aliphatic carboxylic acids is 1. The molecule has 9 heteroatoms. The van der Waals surface area contributed by atoms with E-state index in [1.807, 2.05) is 21.1 Å². The van der Waals surface area contributed by atoms with Gasteiger partial charge in [-0.3, -0.25) is 9.59 Å². The fraction of sp³-hybridized carbons (Fsp3) is 0.632. The Morgan fingerprint density at radius 2 is 0.701 bits per heavy atom. The van der Waals surface area contributed by atoms with Crippen LogP contribution in [0.5, 0.6) is 0 Å². The minimum atomic E-state index is -1.52. The van der Waals surface area contributed by atoms with Crippen LogP contribution < -0.4 is 0 Å². The Hall–Kier alpha value is -4.57. The SMILES string of the molecule is CC/C=C\C/C=C\C/C=C\C/C=C\C/C=C\C/C=C\C/C=C\CCCCCCCCCCCC(=O)OC(COC(=O)CCCCCCCCCC/C=C\C/C=C\C/C=C\C/C=C\CC)COC(OCC[N+](C)(C)C)C(=O)O. The zero-order valence-electron chi connectivity index (χ0n) is 49.6. The van der Waals surface area contributed by atoms with Gasteiger partial charge in [0.25, 0.3) is 6.29 Å². The van der Waals surface area contributed by atoms with Gasteiger partial charge in [-0.15, -0.1) is 0 Å². The number of carboxylic acids is 1. The van der Waals surface area contributed by atoms with Crippen molar-refractivity contribution in [2.24, 2.45) is 0 Å². The van der Waals surface area contributed by atoms with Crippen molar-refractivity contribution in [3.05, 3.63) is 134 Å². The molecular weight excluding hydrogens is 959 g/mol. The van der Waals surface area contributed by atoms with Gasteiger partial charge in [-0.05, 0) is 109 Å². The number of hydrogen-bond acceptors (Lipinski definition) is 7. The highest BCUT2D eigenvalue weighted by molar-refractivity contribution is 5.71. The van der Waals surface area contributed by atoms with Gasteiger partial charge in [0.1, 0.15) is 13.2 Å². The lowest BCUT2D eigenvalue weighted by molar-refractivity contribution is -0.870. The number of ether oxygens (including phenoxy) is 4. The summed E-state index contributed by atoms with van der Waals surface area (Å²) in [6.45, 7) is 4.62. The van der Waals surface area contributed by atoms with E-state index in [1.54, 1.807) is 0 Å². The standard InChI is InChI=1S/C68H111NO8/c1-6-8-10-12-14-16-18-20-22-24-26-28-29-30-31-32-33-34-35-36-37-39-41-43-45-47-49-51-53-55-57-59-66(71)77-64(63-76-68(67(72)73)74-61-60-69(3,4)5)62-75-65(70)58-56-54-52-50-48-46-44-42-40-38-27-25-23-21-19-17-15-13-11-9-7-2/h8-11,14-17,20-23,26-28,30-31,33-34,36-38,64,68H,6-7,12-13,18-19,24-25,29,32,35,39-63H2,1-5H3/p+1/b10-8-,11-9-,16-14-,17-15-,22-20-,23-21-,28-26-,31-30-,34-33-,37-36-,38-27-. The lowest BCUT2D eigenvalue weighted by Crippen LogP contribution is -2.40. The smallest absolute Gasteiger partial charge is 0.361 e. The molecule has 0 aromatic carbocycles. The summed E-state index contributed by atoms with van der Waals surface area (Å²) in [4.78, 5) is 37.5. The van der Waals surface area contributed by atoms with Crippen LogP contribution in [-0.2, 0) is 33.3 Å². The highest BCUT2D eigenvalue weighted by atomic mass is 16.7. The highest BCUT2D eigenvalue weighted by Crippen LogP contribution is 2.15. The average molecular weight is 1070 g/mol. The number of quaternary nitrogens is 1. The molecule has 0 aromatic heterocycles. The van der Waals surface area contributed by atoms with Gasteiger partial charge in [0, 0.05) is 12.8 Å². The number of rotatable bonds is 54. The molecule has 0 aliphatic heterocycles. The van der Waals surface area contributed by atoms with Crippen LogP contribution in [0.25, 0.3) is 0 Å². The zero-order valence-corrected chi connectivity index (χ0v) is 49.6. The fourth-order valence-corrected chi connectivity index (χ4v) is 7.81. The van der Waals surface area contributed by atoms with Crippen LogP contribution in [0.15, 0.2) is 134 Å². The Bertz CT molecular complexity index is 1720. The van der Waals surface area contributed by atoms with Crippen LogP contribution in [0, 0.1) is 0 Å². The van der Waals surface area contributed by atoms with Gasteiger partial charge in [-0.2, -0.15) is 0 Å². The summed E-state index contributed by atoms with van der Waals surface area (Å²) in [5.41, 5.74) is 0. The third kappa shape index (κ3) is 58.9. The Kier molecular flexibility index (Phi) is 54.2. The first-order chi connectivity index (χ1) is 37.6. The van der Waals surface area contributed by atoms with Gasteiger partial charge >= 0.3 is 17.9 Å². The summed E-state index contributed by atoms with van der Waals surface area (Å²) in [6.07, 6.45) is 79.5. The summed E-state index contributed by atoms with van der Waals surface area (Å²) < 4.78 is 22.9. The van der Waals surface area contributed by atoms with Gasteiger partial charge in [-0.1, -0.05) is 231 Å². The van der Waals surface area contributed by atoms with E-state index in [4.69, 9.17) is 18.9 Å². The van der Waals surface area contributed by atoms with E-state index in [9.17, 15) is 19.5 Å². The summed E-state index contributed by atoms with van der Waals surface area (Å²) in [5.74, 6) is -2.04. The molecule has 1 N–H and O–H groups in total. The maximum atomic E-state index is 12.9. The van der Waals surface area contributed by atoms with Gasteiger partial charge < -0.3 is 28.5 Å². The van der Waals surface area contributed by atoms with Crippen LogP contribution in [0.2, 0.25) is 0 Å². The number of carboxylic acid groups (broad SMARTS) is 1. The van der Waals surface area contributed by atoms with Crippen LogP contribution in [-0.4, -0.2) is 87.4 Å². The Balaban J connectivity index is 4.27. The van der Waals surface area contributed by atoms with Crippen LogP contribution in [0.4, 0.5) is 0 Å². The summed E-state index contributed by atoms with van der Waals surface area (Å²) in [6, 6.07) is 0. The monoisotopic (exact) mass is 1070 g/mol. The van der Waals surface area contributed by atoms with E-state index >= 15 is 0 Å². The molecule has 0 radical (unpaired) electrons. The molecule has 0 fully saturated rings. The van der Waals surface area contributed by atoms with E-state index < -0.39 is 24.3 Å². The zero-order chi connectivity index (χ0) is 56.2. The lowest BCUT2D eigenvalue weighted by Gasteiger charge is -2.25. The normalized spacial score (nSPS) is 13.7. The first kappa shape index (κ1) is 72.4.